The van der Waals surface area contributed by atoms with Gasteiger partial charge in [0.25, 0.3) is 0 Å². The van der Waals surface area contributed by atoms with Gasteiger partial charge in [-0.3, -0.25) is 0 Å². The molecule has 5 heteroatoms. The average Bonchev–Trinajstić information content (AvgIpc) is 2.93. The van der Waals surface area contributed by atoms with E-state index >= 15 is 0 Å². The molecule has 2 saturated carbocycles. The number of methoxy groups -OCH3 is 1. The number of rotatable bonds is 5. The van der Waals surface area contributed by atoms with Gasteiger partial charge in [0, 0.05) is 18.1 Å². The van der Waals surface area contributed by atoms with Crippen molar-refractivity contribution in [3.63, 3.8) is 0 Å². The Hall–Kier alpha value is -1.04. The third-order valence-electron chi connectivity index (χ3n) is 7.00. The molecule has 0 saturated heterocycles. The first-order valence-corrected chi connectivity index (χ1v) is 12.2. The quantitative estimate of drug-likeness (QED) is 0.615. The maximum Gasteiger partial charge on any atom is 0.144 e. The molecule has 1 aromatic rings. The van der Waals surface area contributed by atoms with Crippen molar-refractivity contribution in [1.29, 1.82) is 0 Å². The van der Waals surface area contributed by atoms with Gasteiger partial charge in [-0.15, -0.1) is 0 Å². The molecule has 0 amide bonds. The molecule has 1 aromatic carbocycles. The Kier molecular flexibility index (Phi) is 6.02. The van der Waals surface area contributed by atoms with Gasteiger partial charge in [0.2, 0.25) is 0 Å². The molecule has 1 unspecified atom stereocenters. The average molecular weight is 418 g/mol. The Labute approximate surface area is 178 Å². The van der Waals surface area contributed by atoms with Crippen LogP contribution in [0, 0.1) is 11.3 Å². The molecule has 160 valence electrons. The first-order valence-electron chi connectivity index (χ1n) is 11.1. The number of benzene rings is 1. The SMILES string of the molecule is COC1CCC2(CC1)Cc1ccc(OCC3CCC3)cc1/C2=N\[S+]([O-])C(C)(C)C. The van der Waals surface area contributed by atoms with Crippen molar-refractivity contribution in [2.75, 3.05) is 13.7 Å². The number of ether oxygens (including phenoxy) is 2. The molecule has 0 radical (unpaired) electrons. The van der Waals surface area contributed by atoms with Crippen LogP contribution in [0.5, 0.6) is 5.75 Å². The van der Waals surface area contributed by atoms with Crippen LogP contribution in [0.3, 0.4) is 0 Å². The van der Waals surface area contributed by atoms with Gasteiger partial charge in [0.1, 0.15) is 27.6 Å². The summed E-state index contributed by atoms with van der Waals surface area (Å²) < 4.78 is 29.2. The smallest absolute Gasteiger partial charge is 0.144 e. The number of nitrogens with zero attached hydrogens (tertiary/aromatic N) is 1. The van der Waals surface area contributed by atoms with E-state index in [0.717, 1.165) is 55.7 Å². The summed E-state index contributed by atoms with van der Waals surface area (Å²) in [6.07, 6.45) is 9.38. The van der Waals surface area contributed by atoms with Crippen LogP contribution in [0.25, 0.3) is 0 Å². The predicted molar refractivity (Wildman–Crippen MR) is 119 cm³/mol. The van der Waals surface area contributed by atoms with Crippen LogP contribution in [-0.2, 0) is 22.5 Å². The molecule has 4 rings (SSSR count). The summed E-state index contributed by atoms with van der Waals surface area (Å²) >= 11 is -1.27. The van der Waals surface area contributed by atoms with Crippen molar-refractivity contribution in [3.05, 3.63) is 29.3 Å². The van der Waals surface area contributed by atoms with E-state index in [4.69, 9.17) is 13.9 Å². The molecule has 0 aromatic heterocycles. The lowest BCUT2D eigenvalue weighted by atomic mass is 9.70. The molecule has 0 bridgehead atoms. The molecule has 0 N–H and O–H groups in total. The summed E-state index contributed by atoms with van der Waals surface area (Å²) in [4.78, 5) is 0. The van der Waals surface area contributed by atoms with Crippen LogP contribution in [-0.4, -0.2) is 34.8 Å². The van der Waals surface area contributed by atoms with Gasteiger partial charge in [-0.25, -0.2) is 0 Å². The summed E-state index contributed by atoms with van der Waals surface area (Å²) in [5, 5.41) is 0. The zero-order valence-corrected chi connectivity index (χ0v) is 19.1. The van der Waals surface area contributed by atoms with Gasteiger partial charge in [0.05, 0.1) is 12.7 Å². The lowest BCUT2D eigenvalue weighted by Gasteiger charge is -2.37. The molecule has 3 aliphatic carbocycles. The Morgan fingerprint density at radius 1 is 1.17 bits per heavy atom. The van der Waals surface area contributed by atoms with Gasteiger partial charge in [0.15, 0.2) is 0 Å². The minimum Gasteiger partial charge on any atom is -0.591 e. The molecule has 1 atom stereocenters. The normalized spacial score (nSPS) is 29.7. The summed E-state index contributed by atoms with van der Waals surface area (Å²) in [5.41, 5.74) is 3.51. The van der Waals surface area contributed by atoms with Crippen molar-refractivity contribution in [1.82, 2.24) is 0 Å². The Morgan fingerprint density at radius 2 is 1.90 bits per heavy atom. The summed E-state index contributed by atoms with van der Waals surface area (Å²) in [6, 6.07) is 6.47. The van der Waals surface area contributed by atoms with Gasteiger partial charge < -0.3 is 14.0 Å². The highest BCUT2D eigenvalue weighted by Crippen LogP contribution is 2.49. The zero-order valence-electron chi connectivity index (χ0n) is 18.3. The first kappa shape index (κ1) is 21.2. The van der Waals surface area contributed by atoms with Crippen LogP contribution in [0.15, 0.2) is 22.6 Å². The molecule has 0 aliphatic heterocycles. The minimum atomic E-state index is -1.27. The van der Waals surface area contributed by atoms with E-state index in [1.807, 2.05) is 20.8 Å². The topological polar surface area (TPSA) is 53.9 Å². The van der Waals surface area contributed by atoms with E-state index in [1.165, 1.54) is 24.8 Å². The maximum absolute atomic E-state index is 13.0. The molecular formula is C24H35NO3S. The van der Waals surface area contributed by atoms with Crippen LogP contribution >= 0.6 is 0 Å². The van der Waals surface area contributed by atoms with Gasteiger partial charge in [-0.2, -0.15) is 0 Å². The van der Waals surface area contributed by atoms with Crippen LogP contribution in [0.1, 0.15) is 76.8 Å². The molecule has 0 heterocycles. The second kappa shape index (κ2) is 8.24. The fraction of sp³-hybridized carbons (Fsp3) is 0.708. The van der Waals surface area contributed by atoms with Crippen molar-refractivity contribution >= 4 is 17.1 Å². The van der Waals surface area contributed by atoms with Crippen molar-refractivity contribution < 1.29 is 14.0 Å². The lowest BCUT2D eigenvalue weighted by molar-refractivity contribution is 0.0468. The first-order chi connectivity index (χ1) is 13.8. The van der Waals surface area contributed by atoms with Gasteiger partial charge in [-0.1, -0.05) is 16.9 Å². The second-order valence-electron chi connectivity index (χ2n) is 10.1. The standard InChI is InChI=1S/C24H35NO3S/c1-23(2,3)29(26)25-22-21-14-20(28-16-17-6-5-7-17)9-8-18(21)15-24(22)12-10-19(27-4)11-13-24/h8-9,14,17,19H,5-7,10-13,15-16H2,1-4H3/b25-22+. The van der Waals surface area contributed by atoms with E-state index in [2.05, 4.69) is 18.2 Å². The third-order valence-corrected chi connectivity index (χ3v) is 8.40. The Bertz CT molecular complexity index is 758. The summed E-state index contributed by atoms with van der Waals surface area (Å²) in [5.74, 6) is 1.63. The monoisotopic (exact) mass is 417 g/mol. The number of fused-ring (bicyclic) bond motifs is 1. The second-order valence-corrected chi connectivity index (χ2v) is 12.0. The van der Waals surface area contributed by atoms with E-state index in [0.29, 0.717) is 12.0 Å². The Morgan fingerprint density at radius 3 is 2.48 bits per heavy atom. The van der Waals surface area contributed by atoms with E-state index < -0.39 is 11.4 Å². The largest absolute Gasteiger partial charge is 0.591 e. The van der Waals surface area contributed by atoms with E-state index in [1.54, 1.807) is 7.11 Å². The van der Waals surface area contributed by atoms with Crippen molar-refractivity contribution in [2.45, 2.75) is 83.0 Å². The zero-order chi connectivity index (χ0) is 20.6. The molecule has 3 aliphatic rings. The summed E-state index contributed by atoms with van der Waals surface area (Å²) in [6.45, 7) is 6.79. The van der Waals surface area contributed by atoms with Crippen molar-refractivity contribution in [3.8, 4) is 5.75 Å². The minimum absolute atomic E-state index is 0.00906. The fourth-order valence-corrected chi connectivity index (χ4v) is 5.52. The number of hydrogen-bond acceptors (Lipinski definition) is 4. The van der Waals surface area contributed by atoms with Gasteiger partial charge >= 0.3 is 0 Å². The highest BCUT2D eigenvalue weighted by molar-refractivity contribution is 7.91. The highest BCUT2D eigenvalue weighted by Gasteiger charge is 2.48. The predicted octanol–water partition coefficient (Wildman–Crippen LogP) is 5.25. The maximum atomic E-state index is 13.0. The van der Waals surface area contributed by atoms with Crippen LogP contribution in [0.4, 0.5) is 0 Å². The van der Waals surface area contributed by atoms with Crippen molar-refractivity contribution in [2.24, 2.45) is 15.7 Å². The third kappa shape index (κ3) is 4.38. The lowest BCUT2D eigenvalue weighted by Crippen LogP contribution is -2.37. The van der Waals surface area contributed by atoms with E-state index in [9.17, 15) is 4.55 Å². The molecule has 2 fully saturated rings. The number of hydrogen-bond donors (Lipinski definition) is 0. The Balaban J connectivity index is 1.64. The molecular weight excluding hydrogens is 382 g/mol. The molecule has 1 spiro atoms. The summed E-state index contributed by atoms with van der Waals surface area (Å²) in [7, 11) is 1.81. The highest BCUT2D eigenvalue weighted by atomic mass is 32.2. The van der Waals surface area contributed by atoms with Crippen LogP contribution < -0.4 is 4.74 Å². The molecule has 29 heavy (non-hydrogen) atoms. The van der Waals surface area contributed by atoms with Crippen LogP contribution in [0.2, 0.25) is 0 Å². The fourth-order valence-electron chi connectivity index (χ4n) is 4.79. The molecule has 4 nitrogen and oxygen atoms in total. The van der Waals surface area contributed by atoms with E-state index in [-0.39, 0.29) is 10.2 Å². The van der Waals surface area contributed by atoms with Gasteiger partial charge in [-0.05, 0) is 89.3 Å².